The van der Waals surface area contributed by atoms with E-state index in [1.54, 1.807) is 6.92 Å². The third-order valence-corrected chi connectivity index (χ3v) is 6.79. The van der Waals surface area contributed by atoms with Crippen LogP contribution in [0.25, 0.3) is 0 Å². The molecule has 0 spiro atoms. The van der Waals surface area contributed by atoms with Gasteiger partial charge in [-0.25, -0.2) is 8.42 Å². The molecular weight excluding hydrogens is 320 g/mol. The normalized spacial score (nSPS) is 46.3. The van der Waals surface area contributed by atoms with Crippen LogP contribution in [0, 0.1) is 29.1 Å². The second-order valence-corrected chi connectivity index (χ2v) is 9.63. The summed E-state index contributed by atoms with van der Waals surface area (Å²) in [5, 5.41) is 11.0. The van der Waals surface area contributed by atoms with Crippen LogP contribution in [0.5, 0.6) is 0 Å². The lowest BCUT2D eigenvalue weighted by Gasteiger charge is -2.38. The highest BCUT2D eigenvalue weighted by Gasteiger charge is 2.61. The molecule has 128 valence electrons. The van der Waals surface area contributed by atoms with Crippen LogP contribution in [0.4, 0.5) is 0 Å². The maximum Gasteiger partial charge on any atom is 0.310 e. The molecule has 0 aromatic heterocycles. The molecule has 2 aliphatic carbocycles. The summed E-state index contributed by atoms with van der Waals surface area (Å²) in [6.07, 6.45) is 3.25. The Balaban J connectivity index is 2.03. The van der Waals surface area contributed by atoms with Crippen molar-refractivity contribution in [2.24, 2.45) is 29.1 Å². The molecule has 0 radical (unpaired) electrons. The van der Waals surface area contributed by atoms with Crippen LogP contribution in [0.2, 0.25) is 0 Å². The van der Waals surface area contributed by atoms with Crippen molar-refractivity contribution < 1.29 is 27.9 Å². The van der Waals surface area contributed by atoms with E-state index in [1.165, 1.54) is 6.08 Å². The van der Waals surface area contributed by atoms with Gasteiger partial charge in [0.15, 0.2) is 5.78 Å². The zero-order chi connectivity index (χ0) is 17.2. The number of aliphatic hydroxyl groups excluding tert-OH is 1. The van der Waals surface area contributed by atoms with Crippen molar-refractivity contribution in [3.05, 3.63) is 12.2 Å². The summed E-state index contributed by atoms with van der Waals surface area (Å²) in [7, 11) is -3.41. The Morgan fingerprint density at radius 3 is 2.65 bits per heavy atom. The van der Waals surface area contributed by atoms with Crippen LogP contribution >= 0.6 is 0 Å². The van der Waals surface area contributed by atoms with E-state index >= 15 is 0 Å². The Hall–Kier alpha value is -1.21. The van der Waals surface area contributed by atoms with Gasteiger partial charge < -0.3 is 9.84 Å². The highest BCUT2D eigenvalue weighted by molar-refractivity contribution is 7.90. The average molecular weight is 342 g/mol. The van der Waals surface area contributed by atoms with Gasteiger partial charge in [-0.2, -0.15) is 0 Å². The molecular formula is C16H22O6S. The molecule has 1 saturated carbocycles. The smallest absolute Gasteiger partial charge is 0.310 e. The van der Waals surface area contributed by atoms with Gasteiger partial charge in [0.1, 0.15) is 15.9 Å². The fourth-order valence-corrected chi connectivity index (χ4v) is 5.65. The minimum absolute atomic E-state index is 0.0529. The Morgan fingerprint density at radius 2 is 2.04 bits per heavy atom. The number of fused-ring (bicyclic) bond motifs is 2. The van der Waals surface area contributed by atoms with Crippen molar-refractivity contribution >= 4 is 21.6 Å². The number of ether oxygens (including phenoxy) is 1. The molecule has 3 rings (SSSR count). The predicted molar refractivity (Wildman–Crippen MR) is 82.1 cm³/mol. The number of carbonyl (C=O) groups is 2. The van der Waals surface area contributed by atoms with E-state index in [1.807, 2.05) is 13.0 Å². The van der Waals surface area contributed by atoms with E-state index in [0.717, 1.165) is 6.26 Å². The van der Waals surface area contributed by atoms with Crippen molar-refractivity contribution in [1.29, 1.82) is 0 Å². The summed E-state index contributed by atoms with van der Waals surface area (Å²) in [6, 6.07) is 0. The van der Waals surface area contributed by atoms with Crippen molar-refractivity contribution in [1.82, 2.24) is 0 Å². The van der Waals surface area contributed by atoms with E-state index in [9.17, 15) is 23.1 Å². The lowest BCUT2D eigenvalue weighted by atomic mass is 9.67. The Bertz CT molecular complexity index is 681. The first kappa shape index (κ1) is 16.6. The molecule has 0 aromatic rings. The fraction of sp³-hybridized carbons (Fsp3) is 0.750. The van der Waals surface area contributed by atoms with Gasteiger partial charge in [0, 0.05) is 12.2 Å². The van der Waals surface area contributed by atoms with Crippen LogP contribution in [-0.4, -0.2) is 49.5 Å². The number of esters is 1. The maximum atomic E-state index is 12.4. The molecule has 7 heteroatoms. The molecule has 1 aliphatic heterocycles. The zero-order valence-electron chi connectivity index (χ0n) is 13.4. The summed E-state index contributed by atoms with van der Waals surface area (Å²) in [5.41, 5.74) is -1.03. The van der Waals surface area contributed by atoms with E-state index in [4.69, 9.17) is 4.74 Å². The summed E-state index contributed by atoms with van der Waals surface area (Å²) in [6.45, 7) is 3.68. The monoisotopic (exact) mass is 342 g/mol. The van der Waals surface area contributed by atoms with Crippen LogP contribution in [0.15, 0.2) is 12.2 Å². The largest absolute Gasteiger partial charge is 0.462 e. The molecule has 0 unspecified atom stereocenters. The van der Waals surface area contributed by atoms with Crippen molar-refractivity contribution in [2.75, 3.05) is 12.0 Å². The Kier molecular flexibility index (Phi) is 3.72. The van der Waals surface area contributed by atoms with Crippen molar-refractivity contribution in [3.63, 3.8) is 0 Å². The van der Waals surface area contributed by atoms with Crippen LogP contribution < -0.4 is 0 Å². The van der Waals surface area contributed by atoms with Gasteiger partial charge in [-0.1, -0.05) is 13.0 Å². The quantitative estimate of drug-likeness (QED) is 0.727. The van der Waals surface area contributed by atoms with Gasteiger partial charge in [0.05, 0.1) is 23.2 Å². The number of rotatable bonds is 2. The standard InChI is InChI=1S/C16H22O6S/c1-8-6-11-13(9(15(19)22-11)7-23(3,20)21)14(18)16(2)10(8)4-5-12(16)17/h4-5,8-11,13-14,18H,6-7H2,1-3H3/t8-,9-,10+,11-,13-,14+,16+/m1/s1. The van der Waals surface area contributed by atoms with Gasteiger partial charge in [-0.3, -0.25) is 9.59 Å². The number of allylic oxidation sites excluding steroid dienone is 2. The predicted octanol–water partition coefficient (Wildman–Crippen LogP) is 0.351. The molecule has 2 fully saturated rings. The zero-order valence-corrected chi connectivity index (χ0v) is 14.2. The molecule has 0 aromatic carbocycles. The number of sulfone groups is 1. The van der Waals surface area contributed by atoms with Crippen LogP contribution in [0.3, 0.4) is 0 Å². The molecule has 6 nitrogen and oxygen atoms in total. The van der Waals surface area contributed by atoms with E-state index in [-0.39, 0.29) is 23.4 Å². The highest BCUT2D eigenvalue weighted by atomic mass is 32.2. The number of ketones is 1. The highest BCUT2D eigenvalue weighted by Crippen LogP contribution is 2.53. The van der Waals surface area contributed by atoms with E-state index in [0.29, 0.717) is 6.42 Å². The number of aliphatic hydroxyl groups is 1. The summed E-state index contributed by atoms with van der Waals surface area (Å²) in [4.78, 5) is 24.6. The summed E-state index contributed by atoms with van der Waals surface area (Å²) in [5.74, 6) is -2.78. The van der Waals surface area contributed by atoms with Gasteiger partial charge in [-0.15, -0.1) is 0 Å². The number of hydrogen-bond donors (Lipinski definition) is 1. The molecule has 3 aliphatic rings. The molecule has 0 amide bonds. The lowest BCUT2D eigenvalue weighted by Crippen LogP contribution is -2.49. The Labute approximate surface area is 135 Å². The van der Waals surface area contributed by atoms with Gasteiger partial charge in [-0.05, 0) is 31.3 Å². The van der Waals surface area contributed by atoms with Gasteiger partial charge in [0.25, 0.3) is 0 Å². The van der Waals surface area contributed by atoms with E-state index in [2.05, 4.69) is 0 Å². The second kappa shape index (κ2) is 5.14. The molecule has 1 saturated heterocycles. The topological polar surface area (TPSA) is 97.7 Å². The third kappa shape index (κ3) is 2.45. The molecule has 23 heavy (non-hydrogen) atoms. The Morgan fingerprint density at radius 1 is 1.39 bits per heavy atom. The lowest BCUT2D eigenvalue weighted by molar-refractivity contribution is -0.144. The summed E-state index contributed by atoms with van der Waals surface area (Å²) >= 11 is 0. The van der Waals surface area contributed by atoms with Gasteiger partial charge >= 0.3 is 5.97 Å². The van der Waals surface area contributed by atoms with Crippen LogP contribution in [0.1, 0.15) is 20.3 Å². The fourth-order valence-electron chi connectivity index (χ4n) is 4.64. The number of carbonyl (C=O) groups excluding carboxylic acids is 2. The van der Waals surface area contributed by atoms with Gasteiger partial charge in [0.2, 0.25) is 0 Å². The third-order valence-electron chi connectivity index (χ3n) is 5.82. The molecule has 1 heterocycles. The first-order valence-electron chi connectivity index (χ1n) is 7.84. The molecule has 7 atom stereocenters. The van der Waals surface area contributed by atoms with Crippen molar-refractivity contribution in [2.45, 2.75) is 32.5 Å². The number of hydrogen-bond acceptors (Lipinski definition) is 6. The minimum Gasteiger partial charge on any atom is -0.462 e. The van der Waals surface area contributed by atoms with Crippen LogP contribution in [-0.2, 0) is 24.2 Å². The first-order valence-corrected chi connectivity index (χ1v) is 9.90. The second-order valence-electron chi connectivity index (χ2n) is 7.44. The average Bonchev–Trinajstić information content (AvgIpc) is 2.85. The van der Waals surface area contributed by atoms with E-state index < -0.39 is 45.3 Å². The maximum absolute atomic E-state index is 12.4. The summed E-state index contributed by atoms with van der Waals surface area (Å²) < 4.78 is 28.7. The van der Waals surface area contributed by atoms with Crippen molar-refractivity contribution in [3.8, 4) is 0 Å². The molecule has 1 N–H and O–H groups in total. The first-order chi connectivity index (χ1) is 10.6. The SMILES string of the molecule is C[C@@H]1C[C@H]2OC(=O)[C@H](CS(C)(=O)=O)[C@H]2[C@H](O)[C@]2(C)C(=O)C=C[C@@H]12. The molecule has 0 bridgehead atoms. The minimum atomic E-state index is -3.41.